The van der Waals surface area contributed by atoms with Crippen LogP contribution in [0.1, 0.15) is 16.1 Å². The summed E-state index contributed by atoms with van der Waals surface area (Å²) in [5.41, 5.74) is 2.72. The van der Waals surface area contributed by atoms with E-state index in [-0.39, 0.29) is 6.03 Å². The fourth-order valence-electron chi connectivity index (χ4n) is 2.40. The molecule has 6 heteroatoms. The second-order valence-electron chi connectivity index (χ2n) is 4.96. The van der Waals surface area contributed by atoms with Crippen LogP contribution in [-0.4, -0.2) is 29.6 Å². The van der Waals surface area contributed by atoms with Crippen LogP contribution < -0.4 is 10.1 Å². The van der Waals surface area contributed by atoms with Gasteiger partial charge in [-0.15, -0.1) is 11.3 Å². The number of amides is 2. The number of anilines is 1. The summed E-state index contributed by atoms with van der Waals surface area (Å²) in [5.74, 6) is 0.548. The van der Waals surface area contributed by atoms with Crippen LogP contribution in [-0.2, 0) is 13.0 Å². The molecular formula is C15H17N3O2S. The molecule has 3 heterocycles. The van der Waals surface area contributed by atoms with Gasteiger partial charge in [0.1, 0.15) is 0 Å². The molecule has 0 radical (unpaired) electrons. The predicted octanol–water partition coefficient (Wildman–Crippen LogP) is 3.05. The number of thiophene rings is 1. The third-order valence-electron chi connectivity index (χ3n) is 3.61. The van der Waals surface area contributed by atoms with E-state index in [4.69, 9.17) is 4.74 Å². The second-order valence-corrected chi connectivity index (χ2v) is 5.96. The van der Waals surface area contributed by atoms with Crippen molar-refractivity contribution in [2.24, 2.45) is 0 Å². The Kier molecular flexibility index (Phi) is 3.79. The van der Waals surface area contributed by atoms with Gasteiger partial charge in [-0.3, -0.25) is 0 Å². The summed E-state index contributed by atoms with van der Waals surface area (Å²) in [5, 5.41) is 5.01. The van der Waals surface area contributed by atoms with Crippen molar-refractivity contribution >= 4 is 23.1 Å². The van der Waals surface area contributed by atoms with Crippen LogP contribution in [0.5, 0.6) is 5.88 Å². The number of fused-ring (bicyclic) bond motifs is 1. The lowest BCUT2D eigenvalue weighted by Crippen LogP contribution is -2.38. The number of rotatable bonds is 2. The molecule has 5 nitrogen and oxygen atoms in total. The second kappa shape index (κ2) is 5.73. The highest BCUT2D eigenvalue weighted by Crippen LogP contribution is 2.25. The minimum absolute atomic E-state index is 0.0816. The van der Waals surface area contributed by atoms with E-state index < -0.39 is 0 Å². The number of ether oxygens (including phenoxy) is 1. The van der Waals surface area contributed by atoms with Crippen molar-refractivity contribution in [2.75, 3.05) is 19.0 Å². The maximum absolute atomic E-state index is 12.4. The number of nitrogens with one attached hydrogen (secondary N) is 1. The molecule has 0 unspecified atom stereocenters. The van der Waals surface area contributed by atoms with E-state index in [0.717, 1.165) is 24.3 Å². The summed E-state index contributed by atoms with van der Waals surface area (Å²) in [4.78, 5) is 19.9. The first-order chi connectivity index (χ1) is 10.2. The van der Waals surface area contributed by atoms with Gasteiger partial charge in [-0.1, -0.05) is 0 Å². The zero-order valence-electron chi connectivity index (χ0n) is 12.0. The Morgan fingerprint density at radius 2 is 2.29 bits per heavy atom. The number of carbonyl (C=O) groups excluding carboxylic acids is 1. The number of carbonyl (C=O) groups is 1. The molecule has 0 fully saturated rings. The largest absolute Gasteiger partial charge is 0.481 e. The molecule has 0 bridgehead atoms. The average molecular weight is 303 g/mol. The Morgan fingerprint density at radius 1 is 1.43 bits per heavy atom. The van der Waals surface area contributed by atoms with Crippen LogP contribution in [0.25, 0.3) is 0 Å². The molecule has 0 atom stereocenters. The number of aryl methyl sites for hydroxylation is 1. The average Bonchev–Trinajstić information content (AvgIpc) is 2.96. The van der Waals surface area contributed by atoms with Gasteiger partial charge in [-0.2, -0.15) is 0 Å². The number of aromatic nitrogens is 1. The molecule has 1 N–H and O–H groups in total. The molecule has 3 rings (SSSR count). The maximum Gasteiger partial charge on any atom is 0.322 e. The van der Waals surface area contributed by atoms with Crippen molar-refractivity contribution in [3.05, 3.63) is 39.7 Å². The summed E-state index contributed by atoms with van der Waals surface area (Å²) < 4.78 is 5.07. The Balaban J connectivity index is 1.70. The molecule has 21 heavy (non-hydrogen) atoms. The summed E-state index contributed by atoms with van der Waals surface area (Å²) >= 11 is 1.77. The molecule has 0 spiro atoms. The molecule has 1 aliphatic heterocycles. The number of nitrogens with zero attached hydrogens (tertiary/aromatic N) is 2. The van der Waals surface area contributed by atoms with Gasteiger partial charge >= 0.3 is 6.03 Å². The first kappa shape index (κ1) is 13.9. The van der Waals surface area contributed by atoms with E-state index in [1.807, 2.05) is 17.9 Å². The van der Waals surface area contributed by atoms with E-state index in [2.05, 4.69) is 21.7 Å². The highest BCUT2D eigenvalue weighted by molar-refractivity contribution is 7.10. The van der Waals surface area contributed by atoms with Crippen LogP contribution >= 0.6 is 11.3 Å². The van der Waals surface area contributed by atoms with Crippen molar-refractivity contribution in [2.45, 2.75) is 19.9 Å². The third-order valence-corrected chi connectivity index (χ3v) is 4.63. The molecule has 2 aromatic heterocycles. The van der Waals surface area contributed by atoms with Crippen LogP contribution in [0, 0.1) is 6.92 Å². The molecule has 2 amide bonds. The number of hydrogen-bond acceptors (Lipinski definition) is 4. The van der Waals surface area contributed by atoms with Crippen molar-refractivity contribution in [3.63, 3.8) is 0 Å². The van der Waals surface area contributed by atoms with Crippen molar-refractivity contribution in [3.8, 4) is 5.88 Å². The van der Waals surface area contributed by atoms with E-state index in [1.54, 1.807) is 24.5 Å². The standard InChI is InChI=1S/C15H17N3O2S/c1-10-12(3-4-14(16-10)20-2)17-15(19)18-7-5-13-11(9-18)6-8-21-13/h3-4,6,8H,5,7,9H2,1-2H3,(H,17,19). The summed E-state index contributed by atoms with van der Waals surface area (Å²) in [6.45, 7) is 3.28. The Hall–Kier alpha value is -2.08. The third kappa shape index (κ3) is 2.85. The van der Waals surface area contributed by atoms with E-state index in [1.165, 1.54) is 10.4 Å². The van der Waals surface area contributed by atoms with E-state index in [0.29, 0.717) is 12.4 Å². The minimum atomic E-state index is -0.0816. The van der Waals surface area contributed by atoms with Gasteiger partial charge in [-0.25, -0.2) is 9.78 Å². The molecular weight excluding hydrogens is 286 g/mol. The predicted molar refractivity (Wildman–Crippen MR) is 83.0 cm³/mol. The smallest absolute Gasteiger partial charge is 0.322 e. The van der Waals surface area contributed by atoms with Crippen LogP contribution in [0.15, 0.2) is 23.6 Å². The van der Waals surface area contributed by atoms with Gasteiger partial charge in [-0.05, 0) is 36.4 Å². The van der Waals surface area contributed by atoms with Crippen molar-refractivity contribution in [1.82, 2.24) is 9.88 Å². The monoisotopic (exact) mass is 303 g/mol. The van der Waals surface area contributed by atoms with Gasteiger partial charge < -0.3 is 15.0 Å². The SMILES string of the molecule is COc1ccc(NC(=O)N2CCc3sccc3C2)c(C)n1. The van der Waals surface area contributed by atoms with Gasteiger partial charge in [0.15, 0.2) is 0 Å². The molecule has 0 aromatic carbocycles. The Labute approximate surface area is 127 Å². The van der Waals surface area contributed by atoms with Crippen LogP contribution in [0.2, 0.25) is 0 Å². The quantitative estimate of drug-likeness (QED) is 0.927. The Morgan fingerprint density at radius 3 is 3.05 bits per heavy atom. The van der Waals surface area contributed by atoms with Crippen molar-refractivity contribution in [1.29, 1.82) is 0 Å². The summed E-state index contributed by atoms with van der Waals surface area (Å²) in [6.07, 6.45) is 0.931. The summed E-state index contributed by atoms with van der Waals surface area (Å²) in [7, 11) is 1.58. The van der Waals surface area contributed by atoms with Gasteiger partial charge in [0.2, 0.25) is 5.88 Å². The zero-order valence-corrected chi connectivity index (χ0v) is 12.9. The first-order valence-corrected chi connectivity index (χ1v) is 7.68. The molecule has 2 aromatic rings. The Bertz CT molecular complexity index is 669. The van der Waals surface area contributed by atoms with Gasteiger partial charge in [0.05, 0.1) is 18.5 Å². The lowest BCUT2D eigenvalue weighted by molar-refractivity contribution is 0.207. The first-order valence-electron chi connectivity index (χ1n) is 6.80. The van der Waals surface area contributed by atoms with Gasteiger partial charge in [0.25, 0.3) is 0 Å². The lowest BCUT2D eigenvalue weighted by atomic mass is 10.1. The van der Waals surface area contributed by atoms with E-state index >= 15 is 0 Å². The number of hydrogen-bond donors (Lipinski definition) is 1. The topological polar surface area (TPSA) is 54.5 Å². The highest BCUT2D eigenvalue weighted by Gasteiger charge is 2.21. The maximum atomic E-state index is 12.4. The lowest BCUT2D eigenvalue weighted by Gasteiger charge is -2.27. The van der Waals surface area contributed by atoms with Crippen LogP contribution in [0.4, 0.5) is 10.5 Å². The van der Waals surface area contributed by atoms with Crippen molar-refractivity contribution < 1.29 is 9.53 Å². The molecule has 1 aliphatic rings. The van der Waals surface area contributed by atoms with Gasteiger partial charge in [0, 0.05) is 24.0 Å². The summed E-state index contributed by atoms with van der Waals surface area (Å²) in [6, 6.07) is 5.58. The normalized spacial score (nSPS) is 13.7. The molecule has 0 saturated heterocycles. The number of pyridine rings is 1. The number of methoxy groups -OCH3 is 1. The fourth-order valence-corrected chi connectivity index (χ4v) is 3.29. The van der Waals surface area contributed by atoms with E-state index in [9.17, 15) is 4.79 Å². The molecule has 110 valence electrons. The molecule has 0 aliphatic carbocycles. The minimum Gasteiger partial charge on any atom is -0.481 e. The number of urea groups is 1. The van der Waals surface area contributed by atoms with Crippen LogP contribution in [0.3, 0.4) is 0 Å². The molecule has 0 saturated carbocycles. The highest BCUT2D eigenvalue weighted by atomic mass is 32.1. The zero-order chi connectivity index (χ0) is 14.8. The fraction of sp³-hybridized carbons (Fsp3) is 0.333.